The molecule has 0 aliphatic carbocycles. The topological polar surface area (TPSA) is 33.6 Å². The maximum Gasteiger partial charge on any atom is 0.0888 e. The van der Waals surface area contributed by atoms with Gasteiger partial charge in [-0.05, 0) is 95.1 Å². The first-order chi connectivity index (χ1) is 22.3. The number of fused-ring (bicyclic) bond motifs is 9. The minimum Gasteiger partial charge on any atom is -0.355 e. The van der Waals surface area contributed by atoms with Crippen molar-refractivity contribution in [1.82, 2.24) is 14.5 Å². The zero-order valence-electron chi connectivity index (χ0n) is 24.2. The lowest BCUT2D eigenvalue weighted by atomic mass is 10.0. The van der Waals surface area contributed by atoms with Crippen molar-refractivity contribution >= 4 is 75.3 Å². The molecule has 0 radical (unpaired) electrons. The van der Waals surface area contributed by atoms with E-state index in [0.717, 1.165) is 11.2 Å². The van der Waals surface area contributed by atoms with Crippen molar-refractivity contribution < 1.29 is 0 Å². The number of H-pyrrole nitrogens is 1. The van der Waals surface area contributed by atoms with Crippen molar-refractivity contribution in [2.45, 2.75) is 0 Å². The average Bonchev–Trinajstić information content (AvgIpc) is 3.77. The molecule has 4 heterocycles. The fraction of sp³-hybridized carbons (Fsp3) is 0. The second-order valence-electron chi connectivity index (χ2n) is 11.7. The number of nitrogens with one attached hydrogen (secondary N) is 1. The van der Waals surface area contributed by atoms with Crippen molar-refractivity contribution in [1.29, 1.82) is 0 Å². The summed E-state index contributed by atoms with van der Waals surface area (Å²) in [5, 5.41) is 6.24. The van der Waals surface area contributed by atoms with E-state index in [9.17, 15) is 0 Å². The Morgan fingerprint density at radius 3 is 2.11 bits per heavy atom. The molecule has 0 aliphatic heterocycles. The SMILES string of the molecule is c1cc(-c2ccc3sc4cccnc4c3c2)cc(-n2c3ccccc3c3cc(-c4ccc5[nH]c6ccccc6c5c4)ccc32)c1. The largest absolute Gasteiger partial charge is 0.355 e. The van der Waals surface area contributed by atoms with E-state index in [1.165, 1.54) is 80.7 Å². The van der Waals surface area contributed by atoms with Gasteiger partial charge in [-0.15, -0.1) is 11.3 Å². The van der Waals surface area contributed by atoms with Crippen LogP contribution in [0.4, 0.5) is 0 Å². The molecule has 0 aliphatic rings. The minimum atomic E-state index is 1.08. The molecule has 210 valence electrons. The van der Waals surface area contributed by atoms with Crippen molar-refractivity contribution in [2.24, 2.45) is 0 Å². The van der Waals surface area contributed by atoms with Crippen LogP contribution in [-0.4, -0.2) is 14.5 Å². The number of hydrogen-bond acceptors (Lipinski definition) is 2. The van der Waals surface area contributed by atoms with Crippen molar-refractivity contribution in [2.75, 3.05) is 0 Å². The van der Waals surface area contributed by atoms with Gasteiger partial charge in [0.1, 0.15) is 0 Å². The van der Waals surface area contributed by atoms with E-state index in [-0.39, 0.29) is 0 Å². The molecule has 1 N–H and O–H groups in total. The van der Waals surface area contributed by atoms with Gasteiger partial charge in [-0.3, -0.25) is 4.98 Å². The maximum absolute atomic E-state index is 4.69. The molecule has 10 aromatic rings. The zero-order chi connectivity index (χ0) is 29.5. The van der Waals surface area contributed by atoms with E-state index in [4.69, 9.17) is 0 Å². The maximum atomic E-state index is 4.69. The molecule has 4 aromatic heterocycles. The summed E-state index contributed by atoms with van der Waals surface area (Å²) in [5.74, 6) is 0. The van der Waals surface area contributed by atoms with Gasteiger partial charge in [0.05, 0.1) is 21.3 Å². The Labute approximate surface area is 262 Å². The smallest absolute Gasteiger partial charge is 0.0888 e. The molecule has 0 fully saturated rings. The van der Waals surface area contributed by atoms with Gasteiger partial charge >= 0.3 is 0 Å². The summed E-state index contributed by atoms with van der Waals surface area (Å²) in [6.07, 6.45) is 1.88. The summed E-state index contributed by atoms with van der Waals surface area (Å²) < 4.78 is 4.90. The van der Waals surface area contributed by atoms with Crippen LogP contribution in [0.15, 0.2) is 146 Å². The van der Waals surface area contributed by atoms with Gasteiger partial charge in [0.25, 0.3) is 0 Å². The molecule has 4 heteroatoms. The molecule has 0 bridgehead atoms. The fourth-order valence-electron chi connectivity index (χ4n) is 7.06. The number of aromatic amines is 1. The predicted molar refractivity (Wildman–Crippen MR) is 192 cm³/mol. The van der Waals surface area contributed by atoms with Crippen LogP contribution in [0.5, 0.6) is 0 Å². The van der Waals surface area contributed by atoms with Crippen LogP contribution in [0.2, 0.25) is 0 Å². The molecule has 0 spiro atoms. The van der Waals surface area contributed by atoms with E-state index < -0.39 is 0 Å². The highest BCUT2D eigenvalue weighted by Gasteiger charge is 2.15. The second-order valence-corrected chi connectivity index (χ2v) is 12.8. The molecular weight excluding hydrogens is 567 g/mol. The lowest BCUT2D eigenvalue weighted by Gasteiger charge is -2.11. The highest BCUT2D eigenvalue weighted by Crippen LogP contribution is 2.39. The highest BCUT2D eigenvalue weighted by atomic mass is 32.1. The number of para-hydroxylation sites is 2. The molecule has 0 saturated heterocycles. The number of rotatable bonds is 3. The number of thiophene rings is 1. The zero-order valence-corrected chi connectivity index (χ0v) is 25.0. The Morgan fingerprint density at radius 2 is 1.18 bits per heavy atom. The van der Waals surface area contributed by atoms with Crippen molar-refractivity contribution in [3.8, 4) is 27.9 Å². The molecule has 10 rings (SSSR count). The number of nitrogens with zero attached hydrogens (tertiary/aromatic N) is 2. The minimum absolute atomic E-state index is 1.08. The first kappa shape index (κ1) is 24.7. The van der Waals surface area contributed by atoms with Gasteiger partial charge in [-0.25, -0.2) is 0 Å². The lowest BCUT2D eigenvalue weighted by molar-refractivity contribution is 1.18. The number of aromatic nitrogens is 3. The number of benzene rings is 6. The van der Waals surface area contributed by atoms with E-state index in [2.05, 4.69) is 148 Å². The highest BCUT2D eigenvalue weighted by molar-refractivity contribution is 7.25. The summed E-state index contributed by atoms with van der Waals surface area (Å²) in [7, 11) is 0. The molecule has 0 saturated carbocycles. The molecule has 45 heavy (non-hydrogen) atoms. The van der Waals surface area contributed by atoms with E-state index in [1.54, 1.807) is 11.3 Å². The summed E-state index contributed by atoms with van der Waals surface area (Å²) in [4.78, 5) is 8.25. The average molecular weight is 592 g/mol. The Kier molecular flexibility index (Phi) is 5.16. The summed E-state index contributed by atoms with van der Waals surface area (Å²) >= 11 is 1.80. The molecule has 0 atom stereocenters. The Hall–Kier alpha value is -5.71. The first-order valence-electron chi connectivity index (χ1n) is 15.2. The van der Waals surface area contributed by atoms with Gasteiger partial charge in [0, 0.05) is 54.5 Å². The third-order valence-electron chi connectivity index (χ3n) is 9.18. The second kappa shape index (κ2) is 9.39. The van der Waals surface area contributed by atoms with E-state index in [1.807, 2.05) is 12.3 Å². The molecular formula is C41H25N3S. The van der Waals surface area contributed by atoms with E-state index >= 15 is 0 Å². The fourth-order valence-corrected chi connectivity index (χ4v) is 8.10. The van der Waals surface area contributed by atoms with Gasteiger partial charge in [0.2, 0.25) is 0 Å². The molecule has 0 unspecified atom stereocenters. The Balaban J connectivity index is 1.13. The summed E-state index contributed by atoms with van der Waals surface area (Å²) in [6.45, 7) is 0. The lowest BCUT2D eigenvalue weighted by Crippen LogP contribution is -1.94. The van der Waals surface area contributed by atoms with Crippen LogP contribution in [0.3, 0.4) is 0 Å². The van der Waals surface area contributed by atoms with Crippen molar-refractivity contribution in [3.63, 3.8) is 0 Å². The van der Waals surface area contributed by atoms with Crippen LogP contribution in [-0.2, 0) is 0 Å². The predicted octanol–water partition coefficient (Wildman–Crippen LogP) is 11.5. The Bertz CT molecular complexity index is 2780. The quantitative estimate of drug-likeness (QED) is 0.218. The van der Waals surface area contributed by atoms with Crippen LogP contribution in [0.1, 0.15) is 0 Å². The van der Waals surface area contributed by atoms with Crippen LogP contribution >= 0.6 is 11.3 Å². The van der Waals surface area contributed by atoms with Gasteiger partial charge < -0.3 is 9.55 Å². The first-order valence-corrected chi connectivity index (χ1v) is 16.0. The van der Waals surface area contributed by atoms with Gasteiger partial charge in [0.15, 0.2) is 0 Å². The van der Waals surface area contributed by atoms with Crippen LogP contribution in [0.25, 0.3) is 91.9 Å². The number of pyridine rings is 1. The van der Waals surface area contributed by atoms with Gasteiger partial charge in [-0.2, -0.15) is 0 Å². The normalized spacial score (nSPS) is 12.0. The summed E-state index contributed by atoms with van der Waals surface area (Å²) in [6, 6.07) is 50.8. The molecule has 3 nitrogen and oxygen atoms in total. The molecule has 0 amide bonds. The van der Waals surface area contributed by atoms with Crippen LogP contribution in [0, 0.1) is 0 Å². The summed E-state index contributed by atoms with van der Waals surface area (Å²) in [5.41, 5.74) is 11.8. The van der Waals surface area contributed by atoms with Crippen molar-refractivity contribution in [3.05, 3.63) is 146 Å². The standard InChI is InChI=1S/C41H25N3S/c1-3-11-35-30(9-1)32-22-26(14-17-36(32)43-35)27-15-18-38-33(23-27)31-10-2-4-12-37(31)44(38)29-8-5-7-25(21-29)28-16-19-39-34(24-28)41-40(45-39)13-6-20-42-41/h1-24,43H. The van der Waals surface area contributed by atoms with Gasteiger partial charge in [-0.1, -0.05) is 66.7 Å². The van der Waals surface area contributed by atoms with Crippen LogP contribution < -0.4 is 0 Å². The third-order valence-corrected chi connectivity index (χ3v) is 10.3. The monoisotopic (exact) mass is 591 g/mol. The Morgan fingerprint density at radius 1 is 0.467 bits per heavy atom. The third kappa shape index (κ3) is 3.73. The van der Waals surface area contributed by atoms with E-state index in [0.29, 0.717) is 0 Å². The number of hydrogen-bond donors (Lipinski definition) is 1. The molecule has 6 aromatic carbocycles.